The van der Waals surface area contributed by atoms with Crippen molar-refractivity contribution in [3.8, 4) is 0 Å². The van der Waals surface area contributed by atoms with Gasteiger partial charge in [-0.25, -0.2) is 0 Å². The molecule has 19 heavy (non-hydrogen) atoms. The first kappa shape index (κ1) is 15.2. The van der Waals surface area contributed by atoms with Gasteiger partial charge in [0.15, 0.2) is 5.96 Å². The van der Waals surface area contributed by atoms with Crippen molar-refractivity contribution in [1.29, 1.82) is 5.41 Å². The first-order valence-electron chi connectivity index (χ1n) is 5.99. The predicted molar refractivity (Wildman–Crippen MR) is 79.4 cm³/mol. The second-order valence-corrected chi connectivity index (χ2v) is 4.87. The fourth-order valence-corrected chi connectivity index (χ4v) is 1.79. The molecule has 1 aromatic carbocycles. The lowest BCUT2D eigenvalue weighted by Crippen LogP contribution is -2.42. The number of benzene rings is 1. The van der Waals surface area contributed by atoms with E-state index in [2.05, 4.69) is 10.6 Å². The van der Waals surface area contributed by atoms with Gasteiger partial charge in [0.05, 0.1) is 0 Å². The van der Waals surface area contributed by atoms with Crippen LogP contribution >= 0.6 is 11.6 Å². The van der Waals surface area contributed by atoms with E-state index in [9.17, 15) is 4.79 Å². The fraction of sp³-hybridized carbons (Fsp3) is 0.286. The Kier molecular flexibility index (Phi) is 5.57. The van der Waals surface area contributed by atoms with E-state index in [1.165, 1.54) is 6.08 Å². The van der Waals surface area contributed by atoms with Crippen LogP contribution in [0.4, 0.5) is 0 Å². The van der Waals surface area contributed by atoms with Gasteiger partial charge in [0.25, 0.3) is 5.91 Å². The van der Waals surface area contributed by atoms with Gasteiger partial charge in [0, 0.05) is 17.1 Å². The van der Waals surface area contributed by atoms with Crippen LogP contribution in [0.1, 0.15) is 25.0 Å². The smallest absolute Gasteiger partial charge is 0.250 e. The van der Waals surface area contributed by atoms with Crippen molar-refractivity contribution in [2.45, 2.75) is 26.8 Å². The van der Waals surface area contributed by atoms with Gasteiger partial charge in [-0.15, -0.1) is 0 Å². The molecule has 102 valence electrons. The third-order valence-corrected chi connectivity index (χ3v) is 2.68. The zero-order chi connectivity index (χ0) is 14.4. The molecule has 3 N–H and O–H groups in total. The summed E-state index contributed by atoms with van der Waals surface area (Å²) in [5, 5.41) is 13.3. The first-order valence-corrected chi connectivity index (χ1v) is 6.37. The Morgan fingerprint density at radius 3 is 2.68 bits per heavy atom. The van der Waals surface area contributed by atoms with Gasteiger partial charge in [-0.1, -0.05) is 23.7 Å². The molecule has 0 saturated heterocycles. The molecule has 0 radical (unpaired) electrons. The van der Waals surface area contributed by atoms with Crippen molar-refractivity contribution in [2.24, 2.45) is 0 Å². The van der Waals surface area contributed by atoms with Crippen molar-refractivity contribution in [3.63, 3.8) is 0 Å². The molecule has 0 atom stereocenters. The summed E-state index contributed by atoms with van der Waals surface area (Å²) in [6.07, 6.45) is 3.01. The molecule has 5 heteroatoms. The molecule has 1 aromatic rings. The summed E-state index contributed by atoms with van der Waals surface area (Å²) in [4.78, 5) is 11.6. The number of nitrogens with one attached hydrogen (secondary N) is 3. The lowest BCUT2D eigenvalue weighted by Gasteiger charge is -2.10. The Bertz CT molecular complexity index is 489. The van der Waals surface area contributed by atoms with Crippen molar-refractivity contribution < 1.29 is 4.79 Å². The maximum Gasteiger partial charge on any atom is 0.250 e. The number of hydrogen-bond acceptors (Lipinski definition) is 2. The summed E-state index contributed by atoms with van der Waals surface area (Å²) in [6.45, 7) is 5.71. The number of aryl methyl sites for hydroxylation is 1. The van der Waals surface area contributed by atoms with Crippen molar-refractivity contribution in [3.05, 3.63) is 40.4 Å². The number of hydrogen-bond donors (Lipinski definition) is 3. The first-order chi connectivity index (χ1) is 8.90. The second-order valence-electron chi connectivity index (χ2n) is 4.47. The number of carbonyl (C=O) groups is 1. The quantitative estimate of drug-likeness (QED) is 0.452. The number of halogens is 1. The van der Waals surface area contributed by atoms with E-state index in [0.29, 0.717) is 5.02 Å². The van der Waals surface area contributed by atoms with Crippen LogP contribution in [0.5, 0.6) is 0 Å². The van der Waals surface area contributed by atoms with E-state index in [1.54, 1.807) is 12.1 Å². The zero-order valence-corrected chi connectivity index (χ0v) is 12.0. The van der Waals surface area contributed by atoms with Gasteiger partial charge in [0.2, 0.25) is 0 Å². The minimum Gasteiger partial charge on any atom is -0.354 e. The molecule has 0 aliphatic rings. The highest BCUT2D eigenvalue weighted by molar-refractivity contribution is 6.32. The summed E-state index contributed by atoms with van der Waals surface area (Å²) in [7, 11) is 0. The largest absolute Gasteiger partial charge is 0.354 e. The van der Waals surface area contributed by atoms with Crippen LogP contribution in [0.3, 0.4) is 0 Å². The molecular weight excluding hydrogens is 262 g/mol. The molecule has 1 rings (SSSR count). The Hall–Kier alpha value is -1.81. The van der Waals surface area contributed by atoms with E-state index >= 15 is 0 Å². The lowest BCUT2D eigenvalue weighted by molar-refractivity contribution is -0.115. The van der Waals surface area contributed by atoms with Crippen LogP contribution in [-0.2, 0) is 4.79 Å². The molecule has 1 amide bonds. The normalized spacial score (nSPS) is 10.8. The highest BCUT2D eigenvalue weighted by atomic mass is 35.5. The minimum atomic E-state index is -0.363. The van der Waals surface area contributed by atoms with E-state index in [-0.39, 0.29) is 17.9 Å². The molecule has 0 saturated carbocycles. The maximum absolute atomic E-state index is 11.6. The highest BCUT2D eigenvalue weighted by Crippen LogP contribution is 2.20. The Morgan fingerprint density at radius 2 is 2.11 bits per heavy atom. The van der Waals surface area contributed by atoms with E-state index in [0.717, 1.165) is 11.1 Å². The van der Waals surface area contributed by atoms with Crippen molar-refractivity contribution >= 4 is 29.5 Å². The van der Waals surface area contributed by atoms with E-state index in [4.69, 9.17) is 17.0 Å². The number of rotatable bonds is 3. The monoisotopic (exact) mass is 279 g/mol. The van der Waals surface area contributed by atoms with Crippen LogP contribution < -0.4 is 10.6 Å². The third-order valence-electron chi connectivity index (χ3n) is 2.35. The van der Waals surface area contributed by atoms with Gasteiger partial charge in [-0.3, -0.25) is 15.5 Å². The number of amides is 1. The van der Waals surface area contributed by atoms with Crippen molar-refractivity contribution in [1.82, 2.24) is 10.6 Å². The summed E-state index contributed by atoms with van der Waals surface area (Å²) in [5.41, 5.74) is 1.80. The van der Waals surface area contributed by atoms with Crippen molar-refractivity contribution in [2.75, 3.05) is 0 Å². The fourth-order valence-electron chi connectivity index (χ4n) is 1.50. The second kappa shape index (κ2) is 6.95. The van der Waals surface area contributed by atoms with Gasteiger partial charge < -0.3 is 5.32 Å². The lowest BCUT2D eigenvalue weighted by atomic mass is 10.1. The topological polar surface area (TPSA) is 65.0 Å². The number of guanidine groups is 1. The molecule has 0 spiro atoms. The zero-order valence-electron chi connectivity index (χ0n) is 11.3. The molecular formula is C14H18ClN3O. The van der Waals surface area contributed by atoms with E-state index in [1.807, 2.05) is 32.9 Å². The van der Waals surface area contributed by atoms with Gasteiger partial charge >= 0.3 is 0 Å². The molecule has 0 bridgehead atoms. The third kappa shape index (κ3) is 5.14. The maximum atomic E-state index is 11.6. The average molecular weight is 280 g/mol. The molecule has 0 aromatic heterocycles. The minimum absolute atomic E-state index is 0.0134. The Labute approximate surface area is 118 Å². The summed E-state index contributed by atoms with van der Waals surface area (Å²) >= 11 is 6.05. The summed E-state index contributed by atoms with van der Waals surface area (Å²) in [6, 6.07) is 5.65. The van der Waals surface area contributed by atoms with Gasteiger partial charge in [-0.05, 0) is 44.0 Å². The highest BCUT2D eigenvalue weighted by Gasteiger charge is 2.03. The molecule has 4 nitrogen and oxygen atoms in total. The molecule has 0 aliphatic carbocycles. The molecule has 0 aliphatic heterocycles. The van der Waals surface area contributed by atoms with E-state index < -0.39 is 0 Å². The Morgan fingerprint density at radius 1 is 1.42 bits per heavy atom. The average Bonchev–Trinajstić information content (AvgIpc) is 2.26. The Balaban J connectivity index is 2.67. The van der Waals surface area contributed by atoms with Crippen LogP contribution in [0.2, 0.25) is 5.02 Å². The van der Waals surface area contributed by atoms with Gasteiger partial charge in [0.1, 0.15) is 0 Å². The number of carbonyl (C=O) groups excluding carboxylic acids is 1. The molecule has 0 fully saturated rings. The van der Waals surface area contributed by atoms with Crippen LogP contribution in [0, 0.1) is 12.3 Å². The summed E-state index contributed by atoms with van der Waals surface area (Å²) in [5.74, 6) is -0.377. The summed E-state index contributed by atoms with van der Waals surface area (Å²) < 4.78 is 0. The van der Waals surface area contributed by atoms with Crippen LogP contribution in [-0.4, -0.2) is 17.9 Å². The molecule has 0 unspecified atom stereocenters. The van der Waals surface area contributed by atoms with Crippen LogP contribution in [0.15, 0.2) is 24.3 Å². The van der Waals surface area contributed by atoms with Gasteiger partial charge in [-0.2, -0.15) is 0 Å². The predicted octanol–water partition coefficient (Wildman–Crippen LogP) is 2.71. The molecule has 0 heterocycles. The standard InChI is InChI=1S/C14H18ClN3O/c1-9(2)17-14(16)18-13(19)8-7-11-10(3)5-4-6-12(11)15/h4-9H,1-3H3,(H3,16,17,18,19)/b8-7+. The SMILES string of the molecule is Cc1cccc(Cl)c1/C=C/C(=O)NC(=N)NC(C)C. The van der Waals surface area contributed by atoms with Crippen LogP contribution in [0.25, 0.3) is 6.08 Å².